The Labute approximate surface area is 89.1 Å². The van der Waals surface area contributed by atoms with Crippen molar-refractivity contribution in [1.82, 2.24) is 5.32 Å². The SMILES string of the molecule is CCNC(=O)[C@H](C)Sc1ccccc1. The summed E-state index contributed by atoms with van der Waals surface area (Å²) in [6.45, 7) is 4.54. The first-order valence-corrected chi connectivity index (χ1v) is 5.61. The summed E-state index contributed by atoms with van der Waals surface area (Å²) < 4.78 is 0. The van der Waals surface area contributed by atoms with Crippen molar-refractivity contribution in [3.05, 3.63) is 30.3 Å². The number of carbonyl (C=O) groups excluding carboxylic acids is 1. The first-order chi connectivity index (χ1) is 6.74. The number of amides is 1. The second kappa shape index (κ2) is 5.70. The van der Waals surface area contributed by atoms with Crippen molar-refractivity contribution in [3.63, 3.8) is 0 Å². The summed E-state index contributed by atoms with van der Waals surface area (Å²) in [5, 5.41) is 2.78. The molecule has 0 aliphatic rings. The van der Waals surface area contributed by atoms with E-state index in [1.54, 1.807) is 11.8 Å². The maximum Gasteiger partial charge on any atom is 0.233 e. The Balaban J connectivity index is 2.49. The maximum atomic E-state index is 11.4. The van der Waals surface area contributed by atoms with E-state index < -0.39 is 0 Å². The van der Waals surface area contributed by atoms with E-state index in [4.69, 9.17) is 0 Å². The lowest BCUT2D eigenvalue weighted by molar-refractivity contribution is -0.120. The third-order valence-electron chi connectivity index (χ3n) is 1.78. The fourth-order valence-electron chi connectivity index (χ4n) is 1.07. The molecule has 1 rings (SSSR count). The lowest BCUT2D eigenvalue weighted by Crippen LogP contribution is -2.30. The highest BCUT2D eigenvalue weighted by Gasteiger charge is 2.12. The fourth-order valence-corrected chi connectivity index (χ4v) is 1.99. The summed E-state index contributed by atoms with van der Waals surface area (Å²) in [5.74, 6) is 0.0985. The zero-order valence-electron chi connectivity index (χ0n) is 8.49. The van der Waals surface area contributed by atoms with Crippen LogP contribution in [-0.4, -0.2) is 17.7 Å². The van der Waals surface area contributed by atoms with Gasteiger partial charge in [-0.25, -0.2) is 0 Å². The molecule has 1 aromatic rings. The number of carbonyl (C=O) groups is 1. The van der Waals surface area contributed by atoms with Crippen molar-refractivity contribution in [2.45, 2.75) is 24.0 Å². The van der Waals surface area contributed by atoms with Crippen LogP contribution in [0.25, 0.3) is 0 Å². The monoisotopic (exact) mass is 209 g/mol. The summed E-state index contributed by atoms with van der Waals surface area (Å²) in [6.07, 6.45) is 0. The van der Waals surface area contributed by atoms with Gasteiger partial charge in [0.15, 0.2) is 0 Å². The zero-order chi connectivity index (χ0) is 10.4. The van der Waals surface area contributed by atoms with Crippen LogP contribution in [0, 0.1) is 0 Å². The molecule has 0 aromatic heterocycles. The van der Waals surface area contributed by atoms with Crippen molar-refractivity contribution in [1.29, 1.82) is 0 Å². The molecule has 0 aliphatic heterocycles. The highest BCUT2D eigenvalue weighted by atomic mass is 32.2. The second-order valence-electron chi connectivity index (χ2n) is 2.97. The zero-order valence-corrected chi connectivity index (χ0v) is 9.30. The number of hydrogen-bond acceptors (Lipinski definition) is 2. The quantitative estimate of drug-likeness (QED) is 0.771. The van der Waals surface area contributed by atoms with Crippen molar-refractivity contribution >= 4 is 17.7 Å². The van der Waals surface area contributed by atoms with Crippen LogP contribution in [-0.2, 0) is 4.79 Å². The fraction of sp³-hybridized carbons (Fsp3) is 0.364. The minimum atomic E-state index is -0.0302. The Morgan fingerprint density at radius 2 is 2.07 bits per heavy atom. The molecule has 1 atom stereocenters. The summed E-state index contributed by atoms with van der Waals surface area (Å²) >= 11 is 1.58. The molecule has 0 unspecified atom stereocenters. The predicted octanol–water partition coefficient (Wildman–Crippen LogP) is 2.30. The minimum Gasteiger partial charge on any atom is -0.355 e. The van der Waals surface area contributed by atoms with Gasteiger partial charge in [-0.05, 0) is 26.0 Å². The van der Waals surface area contributed by atoms with E-state index in [1.807, 2.05) is 44.2 Å². The molecule has 0 saturated carbocycles. The van der Waals surface area contributed by atoms with Gasteiger partial charge in [0.05, 0.1) is 5.25 Å². The largest absolute Gasteiger partial charge is 0.355 e. The molecule has 0 saturated heterocycles. The van der Waals surface area contributed by atoms with Crippen LogP contribution in [0.2, 0.25) is 0 Å². The summed E-state index contributed by atoms with van der Waals surface area (Å²) in [7, 11) is 0. The molecule has 0 radical (unpaired) electrons. The maximum absolute atomic E-state index is 11.4. The van der Waals surface area contributed by atoms with E-state index in [0.717, 1.165) is 4.90 Å². The van der Waals surface area contributed by atoms with Crippen molar-refractivity contribution in [2.24, 2.45) is 0 Å². The van der Waals surface area contributed by atoms with E-state index in [9.17, 15) is 4.79 Å². The van der Waals surface area contributed by atoms with Crippen LogP contribution in [0.5, 0.6) is 0 Å². The van der Waals surface area contributed by atoms with E-state index in [1.165, 1.54) is 0 Å². The van der Waals surface area contributed by atoms with E-state index in [2.05, 4.69) is 5.32 Å². The predicted molar refractivity (Wildman–Crippen MR) is 60.4 cm³/mol. The van der Waals surface area contributed by atoms with Crippen LogP contribution in [0.1, 0.15) is 13.8 Å². The number of thioether (sulfide) groups is 1. The molecule has 14 heavy (non-hydrogen) atoms. The molecule has 1 amide bonds. The van der Waals surface area contributed by atoms with Crippen LogP contribution in [0.15, 0.2) is 35.2 Å². The van der Waals surface area contributed by atoms with Gasteiger partial charge in [-0.15, -0.1) is 11.8 Å². The number of rotatable bonds is 4. The molecule has 3 heteroatoms. The summed E-state index contributed by atoms with van der Waals surface area (Å²) in [5.41, 5.74) is 0. The lowest BCUT2D eigenvalue weighted by atomic mass is 10.4. The molecular weight excluding hydrogens is 194 g/mol. The van der Waals surface area contributed by atoms with Crippen LogP contribution in [0.4, 0.5) is 0 Å². The van der Waals surface area contributed by atoms with Gasteiger partial charge >= 0.3 is 0 Å². The van der Waals surface area contributed by atoms with Gasteiger partial charge in [0, 0.05) is 11.4 Å². The third-order valence-corrected chi connectivity index (χ3v) is 2.89. The molecule has 1 N–H and O–H groups in total. The van der Waals surface area contributed by atoms with Crippen LogP contribution in [0.3, 0.4) is 0 Å². The molecule has 76 valence electrons. The standard InChI is InChI=1S/C11H15NOS/c1-3-12-11(13)9(2)14-10-7-5-4-6-8-10/h4-9H,3H2,1-2H3,(H,12,13)/t9-/m0/s1. The Morgan fingerprint density at radius 1 is 1.43 bits per heavy atom. The van der Waals surface area contributed by atoms with Gasteiger partial charge in [0.2, 0.25) is 5.91 Å². The van der Waals surface area contributed by atoms with E-state index in [0.29, 0.717) is 6.54 Å². The molecule has 0 heterocycles. The Bertz CT molecular complexity index is 287. The van der Waals surface area contributed by atoms with Gasteiger partial charge in [-0.1, -0.05) is 18.2 Å². The number of hydrogen-bond donors (Lipinski definition) is 1. The van der Waals surface area contributed by atoms with Gasteiger partial charge in [-0.3, -0.25) is 4.79 Å². The minimum absolute atomic E-state index is 0.0302. The van der Waals surface area contributed by atoms with Crippen LogP contribution < -0.4 is 5.32 Å². The van der Waals surface area contributed by atoms with E-state index >= 15 is 0 Å². The van der Waals surface area contributed by atoms with E-state index in [-0.39, 0.29) is 11.2 Å². The average molecular weight is 209 g/mol. The first kappa shape index (κ1) is 11.1. The van der Waals surface area contributed by atoms with Gasteiger partial charge < -0.3 is 5.32 Å². The molecule has 0 spiro atoms. The highest BCUT2D eigenvalue weighted by molar-refractivity contribution is 8.00. The smallest absolute Gasteiger partial charge is 0.233 e. The van der Waals surface area contributed by atoms with Crippen LogP contribution >= 0.6 is 11.8 Å². The van der Waals surface area contributed by atoms with Gasteiger partial charge in [0.25, 0.3) is 0 Å². The number of benzene rings is 1. The van der Waals surface area contributed by atoms with Crippen molar-refractivity contribution in [2.75, 3.05) is 6.54 Å². The normalized spacial score (nSPS) is 12.1. The highest BCUT2D eigenvalue weighted by Crippen LogP contribution is 2.22. The molecule has 0 fully saturated rings. The summed E-state index contributed by atoms with van der Waals surface area (Å²) in [6, 6.07) is 9.96. The molecular formula is C11H15NOS. The van der Waals surface area contributed by atoms with Crippen molar-refractivity contribution < 1.29 is 4.79 Å². The Kier molecular flexibility index (Phi) is 4.53. The first-order valence-electron chi connectivity index (χ1n) is 4.73. The third kappa shape index (κ3) is 3.42. The number of nitrogens with one attached hydrogen (secondary N) is 1. The second-order valence-corrected chi connectivity index (χ2v) is 4.38. The van der Waals surface area contributed by atoms with Gasteiger partial charge in [0.1, 0.15) is 0 Å². The molecule has 2 nitrogen and oxygen atoms in total. The Hall–Kier alpha value is -0.960. The average Bonchev–Trinajstić information content (AvgIpc) is 2.19. The molecule has 0 aliphatic carbocycles. The Morgan fingerprint density at radius 3 is 2.64 bits per heavy atom. The summed E-state index contributed by atoms with van der Waals surface area (Å²) in [4.78, 5) is 12.5. The lowest BCUT2D eigenvalue weighted by Gasteiger charge is -2.10. The van der Waals surface area contributed by atoms with Gasteiger partial charge in [-0.2, -0.15) is 0 Å². The van der Waals surface area contributed by atoms with Crippen molar-refractivity contribution in [3.8, 4) is 0 Å². The topological polar surface area (TPSA) is 29.1 Å². The molecule has 1 aromatic carbocycles. The molecule has 0 bridgehead atoms.